The molecule has 0 aliphatic heterocycles. The van der Waals surface area contributed by atoms with Crippen LogP contribution in [-0.2, 0) is 16.1 Å². The van der Waals surface area contributed by atoms with E-state index in [0.717, 1.165) is 17.4 Å². The van der Waals surface area contributed by atoms with E-state index in [-0.39, 0.29) is 4.90 Å². The van der Waals surface area contributed by atoms with Gasteiger partial charge in [0.2, 0.25) is 0 Å². The van der Waals surface area contributed by atoms with Gasteiger partial charge in [-0.2, -0.15) is 0 Å². The minimum Gasteiger partial charge on any atom is -0.350 e. The fraction of sp³-hybridized carbons (Fsp3) is 0.250. The molecule has 0 unspecified atom stereocenters. The first-order valence-electron chi connectivity index (χ1n) is 5.26. The highest BCUT2D eigenvalue weighted by Crippen LogP contribution is 2.32. The highest BCUT2D eigenvalue weighted by molar-refractivity contribution is 8.13. The summed E-state index contributed by atoms with van der Waals surface area (Å²) in [4.78, 5) is 11.1. The quantitative estimate of drug-likeness (QED) is 0.629. The van der Waals surface area contributed by atoms with Crippen LogP contribution in [0, 0.1) is 13.8 Å². The molecule has 0 N–H and O–H groups in total. The molecule has 0 saturated carbocycles. The maximum Gasteiger partial charge on any atom is 0.261 e. The zero-order valence-corrected chi connectivity index (χ0v) is 11.8. The van der Waals surface area contributed by atoms with Crippen molar-refractivity contribution in [2.45, 2.75) is 18.7 Å². The number of nitrogens with zero attached hydrogens (tertiary/aromatic N) is 1. The van der Waals surface area contributed by atoms with Crippen molar-refractivity contribution >= 4 is 36.9 Å². The molecule has 1 aromatic carbocycles. The van der Waals surface area contributed by atoms with Gasteiger partial charge in [0.15, 0.2) is 6.29 Å². The minimum atomic E-state index is -3.82. The average Bonchev–Trinajstić information content (AvgIpc) is 2.60. The van der Waals surface area contributed by atoms with Crippen molar-refractivity contribution in [2.75, 3.05) is 0 Å². The summed E-state index contributed by atoms with van der Waals surface area (Å²) in [5.41, 5.74) is 2.59. The summed E-state index contributed by atoms with van der Waals surface area (Å²) in [6.07, 6.45) is 2.40. The van der Waals surface area contributed by atoms with Gasteiger partial charge in [-0.1, -0.05) is 0 Å². The number of aldehydes is 1. The minimum absolute atomic E-state index is 0.0588. The van der Waals surface area contributed by atoms with Crippen molar-refractivity contribution < 1.29 is 13.2 Å². The Labute approximate surface area is 110 Å². The third kappa shape index (κ3) is 1.83. The first-order chi connectivity index (χ1) is 8.27. The van der Waals surface area contributed by atoms with E-state index in [9.17, 15) is 13.2 Å². The molecule has 4 nitrogen and oxygen atoms in total. The Morgan fingerprint density at radius 3 is 2.44 bits per heavy atom. The second kappa shape index (κ2) is 4.10. The van der Waals surface area contributed by atoms with Crippen LogP contribution in [0.1, 0.15) is 21.5 Å². The monoisotopic (exact) mass is 285 g/mol. The zero-order chi connectivity index (χ0) is 13.7. The van der Waals surface area contributed by atoms with Crippen LogP contribution in [0.15, 0.2) is 17.2 Å². The molecule has 6 heteroatoms. The molecule has 96 valence electrons. The molecule has 18 heavy (non-hydrogen) atoms. The van der Waals surface area contributed by atoms with Crippen molar-refractivity contribution in [1.29, 1.82) is 0 Å². The fourth-order valence-electron chi connectivity index (χ4n) is 2.36. The largest absolute Gasteiger partial charge is 0.350 e. The molecule has 2 rings (SSSR count). The lowest BCUT2D eigenvalue weighted by molar-refractivity contribution is 0.112. The van der Waals surface area contributed by atoms with Gasteiger partial charge in [-0.25, -0.2) is 8.42 Å². The molecule has 0 saturated heterocycles. The first-order valence-corrected chi connectivity index (χ1v) is 7.57. The lowest BCUT2D eigenvalue weighted by Gasteiger charge is -2.08. The van der Waals surface area contributed by atoms with Gasteiger partial charge in [0.1, 0.15) is 0 Å². The summed E-state index contributed by atoms with van der Waals surface area (Å²) >= 11 is 0. The molecule has 0 bridgehead atoms. The van der Waals surface area contributed by atoms with Gasteiger partial charge < -0.3 is 4.57 Å². The van der Waals surface area contributed by atoms with Crippen LogP contribution in [0.4, 0.5) is 0 Å². The molecule has 0 amide bonds. The third-order valence-electron chi connectivity index (χ3n) is 3.07. The van der Waals surface area contributed by atoms with Gasteiger partial charge in [0.05, 0.1) is 10.4 Å². The topological polar surface area (TPSA) is 56.1 Å². The van der Waals surface area contributed by atoms with Crippen LogP contribution in [0.3, 0.4) is 0 Å². The molecular weight excluding hydrogens is 274 g/mol. The summed E-state index contributed by atoms with van der Waals surface area (Å²) in [5.74, 6) is 0. The summed E-state index contributed by atoms with van der Waals surface area (Å²) in [5, 5.41) is 0.645. The molecular formula is C12H12ClNO3S. The van der Waals surface area contributed by atoms with E-state index in [1.165, 1.54) is 6.07 Å². The van der Waals surface area contributed by atoms with Gasteiger partial charge in [-0.15, -0.1) is 0 Å². The Kier molecular flexibility index (Phi) is 2.99. The Morgan fingerprint density at radius 1 is 1.33 bits per heavy atom. The molecule has 2 aromatic rings. The molecule has 0 spiro atoms. The number of hydrogen-bond donors (Lipinski definition) is 0. The zero-order valence-electron chi connectivity index (χ0n) is 10.2. The standard InChI is InChI=1S/C12H12ClNO3S/c1-7-4-10(18(13,16)17)8(2)11-9(6-15)5-14(3)12(7)11/h4-6H,1-3H3. The Bertz CT molecular complexity index is 759. The number of carbonyl (C=O) groups excluding carboxylic acids is 1. The van der Waals surface area contributed by atoms with Gasteiger partial charge in [-0.3, -0.25) is 4.79 Å². The highest BCUT2D eigenvalue weighted by atomic mass is 35.7. The van der Waals surface area contributed by atoms with E-state index in [1.54, 1.807) is 20.0 Å². The molecule has 1 heterocycles. The predicted molar refractivity (Wildman–Crippen MR) is 70.8 cm³/mol. The molecule has 0 aliphatic rings. The van der Waals surface area contributed by atoms with Crippen molar-refractivity contribution in [3.05, 3.63) is 29.0 Å². The van der Waals surface area contributed by atoms with Crippen molar-refractivity contribution in [3.63, 3.8) is 0 Å². The van der Waals surface area contributed by atoms with Crippen molar-refractivity contribution in [2.24, 2.45) is 7.05 Å². The van der Waals surface area contributed by atoms with Gasteiger partial charge in [0, 0.05) is 34.9 Å². The lowest BCUT2D eigenvalue weighted by atomic mass is 10.0. The molecule has 0 aliphatic carbocycles. The van der Waals surface area contributed by atoms with Crippen LogP contribution in [0.5, 0.6) is 0 Å². The summed E-state index contributed by atoms with van der Waals surface area (Å²) in [6.45, 7) is 3.45. The fourth-order valence-corrected chi connectivity index (χ4v) is 3.63. The van der Waals surface area contributed by atoms with E-state index in [2.05, 4.69) is 0 Å². The van der Waals surface area contributed by atoms with Crippen LogP contribution in [0.25, 0.3) is 10.9 Å². The highest BCUT2D eigenvalue weighted by Gasteiger charge is 2.20. The predicted octanol–water partition coefficient (Wildman–Crippen LogP) is 2.54. The number of hydrogen-bond acceptors (Lipinski definition) is 3. The molecule has 0 fully saturated rings. The van der Waals surface area contributed by atoms with E-state index in [4.69, 9.17) is 10.7 Å². The number of benzene rings is 1. The van der Waals surface area contributed by atoms with Crippen molar-refractivity contribution in [1.82, 2.24) is 4.57 Å². The number of carbonyl (C=O) groups is 1. The third-order valence-corrected chi connectivity index (χ3v) is 4.51. The normalized spacial score (nSPS) is 12.0. The number of aryl methyl sites for hydroxylation is 3. The lowest BCUT2D eigenvalue weighted by Crippen LogP contribution is -1.98. The maximum absolute atomic E-state index is 11.5. The van der Waals surface area contributed by atoms with Crippen LogP contribution in [0.2, 0.25) is 0 Å². The van der Waals surface area contributed by atoms with Crippen LogP contribution >= 0.6 is 10.7 Å². The second-order valence-electron chi connectivity index (χ2n) is 4.29. The van der Waals surface area contributed by atoms with Gasteiger partial charge >= 0.3 is 0 Å². The Balaban J connectivity index is 3.07. The second-order valence-corrected chi connectivity index (χ2v) is 6.83. The number of halogens is 1. The van der Waals surface area contributed by atoms with E-state index < -0.39 is 9.05 Å². The van der Waals surface area contributed by atoms with Gasteiger partial charge in [-0.05, 0) is 31.0 Å². The number of rotatable bonds is 2. The Hall–Kier alpha value is -1.33. The maximum atomic E-state index is 11.5. The van der Waals surface area contributed by atoms with Crippen molar-refractivity contribution in [3.8, 4) is 0 Å². The summed E-state index contributed by atoms with van der Waals surface area (Å²) in [6, 6.07) is 1.54. The van der Waals surface area contributed by atoms with E-state index in [0.29, 0.717) is 16.5 Å². The van der Waals surface area contributed by atoms with Gasteiger partial charge in [0.25, 0.3) is 9.05 Å². The molecule has 1 aromatic heterocycles. The summed E-state index contributed by atoms with van der Waals surface area (Å²) in [7, 11) is 3.42. The van der Waals surface area contributed by atoms with E-state index in [1.807, 2.05) is 11.6 Å². The molecule has 0 radical (unpaired) electrons. The smallest absolute Gasteiger partial charge is 0.261 e. The number of aromatic nitrogens is 1. The molecule has 0 atom stereocenters. The first kappa shape index (κ1) is 13.1. The van der Waals surface area contributed by atoms with Crippen LogP contribution < -0.4 is 0 Å². The average molecular weight is 286 g/mol. The Morgan fingerprint density at radius 2 is 1.94 bits per heavy atom. The van der Waals surface area contributed by atoms with E-state index >= 15 is 0 Å². The summed E-state index contributed by atoms with van der Waals surface area (Å²) < 4.78 is 24.9. The van der Waals surface area contributed by atoms with Crippen LogP contribution in [-0.4, -0.2) is 19.3 Å². The SMILES string of the molecule is Cc1c(S(=O)(=O)Cl)cc(C)c2c1c(C=O)cn2C. The number of fused-ring (bicyclic) bond motifs is 1.